The number of aryl methyl sites for hydroxylation is 1. The van der Waals surface area contributed by atoms with Gasteiger partial charge in [-0.2, -0.15) is 4.98 Å². The molecule has 0 aromatic carbocycles. The Bertz CT molecular complexity index is 579. The third-order valence-corrected chi connectivity index (χ3v) is 4.56. The van der Waals surface area contributed by atoms with Crippen LogP contribution in [0, 0.1) is 6.92 Å². The van der Waals surface area contributed by atoms with Gasteiger partial charge in [0.05, 0.1) is 5.39 Å². The van der Waals surface area contributed by atoms with Crippen molar-refractivity contribution in [1.82, 2.24) is 9.97 Å². The highest BCUT2D eigenvalue weighted by Crippen LogP contribution is 2.30. The highest BCUT2D eigenvalue weighted by molar-refractivity contribution is 7.18. The Balaban J connectivity index is 2.09. The normalized spacial score (nSPS) is 12.6. The minimum absolute atomic E-state index is 0.435. The van der Waals surface area contributed by atoms with Gasteiger partial charge in [0.2, 0.25) is 5.95 Å². The molecule has 0 fully saturated rings. The molecule has 1 atom stereocenters. The molecule has 0 bridgehead atoms. The molecule has 0 amide bonds. The molecule has 1 unspecified atom stereocenters. The van der Waals surface area contributed by atoms with Crippen LogP contribution in [-0.2, 0) is 0 Å². The smallest absolute Gasteiger partial charge is 0.225 e. The molecule has 21 heavy (non-hydrogen) atoms. The molecule has 4 nitrogen and oxygen atoms in total. The summed E-state index contributed by atoms with van der Waals surface area (Å²) in [5.41, 5.74) is 0. The molecule has 0 aliphatic rings. The van der Waals surface area contributed by atoms with Crippen LogP contribution >= 0.6 is 11.3 Å². The molecule has 0 saturated carbocycles. The fourth-order valence-corrected chi connectivity index (χ4v) is 3.33. The number of fused-ring (bicyclic) bond motifs is 1. The van der Waals surface area contributed by atoms with Crippen molar-refractivity contribution in [2.24, 2.45) is 0 Å². The average molecular weight is 306 g/mol. The van der Waals surface area contributed by atoms with E-state index in [2.05, 4.69) is 47.4 Å². The van der Waals surface area contributed by atoms with E-state index >= 15 is 0 Å². The predicted molar refractivity (Wildman–Crippen MR) is 93.5 cm³/mol. The number of nitrogens with one attached hydrogen (secondary N) is 2. The van der Waals surface area contributed by atoms with Crippen molar-refractivity contribution in [3.63, 3.8) is 0 Å². The number of thiophene rings is 1. The third-order valence-electron chi connectivity index (χ3n) is 3.61. The number of nitrogens with zero attached hydrogens (tertiary/aromatic N) is 2. The summed E-state index contributed by atoms with van der Waals surface area (Å²) in [6, 6.07) is 2.61. The van der Waals surface area contributed by atoms with E-state index in [1.54, 1.807) is 11.3 Å². The number of rotatable bonds is 8. The second-order valence-electron chi connectivity index (χ2n) is 5.62. The summed E-state index contributed by atoms with van der Waals surface area (Å²) in [7, 11) is 1.86. The van der Waals surface area contributed by atoms with Gasteiger partial charge in [0.15, 0.2) is 0 Å². The average Bonchev–Trinajstić information content (AvgIpc) is 2.84. The fraction of sp³-hybridized carbons (Fsp3) is 0.625. The van der Waals surface area contributed by atoms with Crippen LogP contribution in [-0.4, -0.2) is 23.1 Å². The highest BCUT2D eigenvalue weighted by Gasteiger charge is 2.12. The van der Waals surface area contributed by atoms with Crippen molar-refractivity contribution in [1.29, 1.82) is 0 Å². The van der Waals surface area contributed by atoms with Crippen LogP contribution in [0.4, 0.5) is 11.8 Å². The maximum absolute atomic E-state index is 4.59. The fourth-order valence-electron chi connectivity index (χ4n) is 2.45. The summed E-state index contributed by atoms with van der Waals surface area (Å²) in [5, 5.41) is 7.75. The maximum Gasteiger partial charge on any atom is 0.225 e. The SMILES string of the molecule is CCCCCCC(C)Nc1nc(NC)nc2sc(C)cc12. The van der Waals surface area contributed by atoms with E-state index in [4.69, 9.17) is 0 Å². The maximum atomic E-state index is 4.59. The zero-order valence-corrected chi connectivity index (χ0v) is 14.3. The first kappa shape index (κ1) is 16.0. The van der Waals surface area contributed by atoms with Crippen LogP contribution in [0.2, 0.25) is 0 Å². The molecule has 2 aromatic rings. The lowest BCUT2D eigenvalue weighted by molar-refractivity contribution is 0.593. The number of anilines is 2. The summed E-state index contributed by atoms with van der Waals surface area (Å²) in [5.74, 6) is 1.64. The number of hydrogen-bond donors (Lipinski definition) is 2. The largest absolute Gasteiger partial charge is 0.367 e. The van der Waals surface area contributed by atoms with Crippen molar-refractivity contribution >= 4 is 33.3 Å². The van der Waals surface area contributed by atoms with Gasteiger partial charge in [-0.15, -0.1) is 11.3 Å². The zero-order chi connectivity index (χ0) is 15.2. The second-order valence-corrected chi connectivity index (χ2v) is 6.85. The summed E-state index contributed by atoms with van der Waals surface area (Å²) in [4.78, 5) is 11.4. The summed E-state index contributed by atoms with van der Waals surface area (Å²) in [6.07, 6.45) is 6.40. The van der Waals surface area contributed by atoms with Crippen molar-refractivity contribution in [2.75, 3.05) is 17.7 Å². The molecule has 0 aliphatic heterocycles. The first-order valence-corrected chi connectivity index (χ1v) is 8.68. The Hall–Kier alpha value is -1.36. The van der Waals surface area contributed by atoms with E-state index in [1.165, 1.54) is 37.0 Å². The Kier molecular flexibility index (Phi) is 5.79. The molecular formula is C16H26N4S. The molecule has 0 spiro atoms. The van der Waals surface area contributed by atoms with Gasteiger partial charge in [-0.25, -0.2) is 4.98 Å². The molecule has 2 N–H and O–H groups in total. The van der Waals surface area contributed by atoms with Gasteiger partial charge in [0.25, 0.3) is 0 Å². The minimum Gasteiger partial charge on any atom is -0.367 e. The molecular weight excluding hydrogens is 280 g/mol. The van der Waals surface area contributed by atoms with E-state index in [-0.39, 0.29) is 0 Å². The van der Waals surface area contributed by atoms with Crippen LogP contribution in [0.3, 0.4) is 0 Å². The Morgan fingerprint density at radius 1 is 1.24 bits per heavy atom. The Morgan fingerprint density at radius 3 is 2.76 bits per heavy atom. The van der Waals surface area contributed by atoms with Gasteiger partial charge < -0.3 is 10.6 Å². The van der Waals surface area contributed by atoms with Crippen LogP contribution in [0.25, 0.3) is 10.2 Å². The Morgan fingerprint density at radius 2 is 2.05 bits per heavy atom. The molecule has 0 saturated heterocycles. The molecule has 5 heteroatoms. The zero-order valence-electron chi connectivity index (χ0n) is 13.5. The molecule has 2 heterocycles. The first-order chi connectivity index (χ1) is 10.1. The van der Waals surface area contributed by atoms with Crippen LogP contribution < -0.4 is 10.6 Å². The minimum atomic E-state index is 0.435. The van der Waals surface area contributed by atoms with Crippen LogP contribution in [0.1, 0.15) is 50.8 Å². The predicted octanol–water partition coefficient (Wildman–Crippen LogP) is 4.81. The topological polar surface area (TPSA) is 49.8 Å². The summed E-state index contributed by atoms with van der Waals surface area (Å²) < 4.78 is 0. The highest BCUT2D eigenvalue weighted by atomic mass is 32.1. The van der Waals surface area contributed by atoms with E-state index in [0.717, 1.165) is 16.0 Å². The van der Waals surface area contributed by atoms with Gasteiger partial charge in [-0.3, -0.25) is 0 Å². The summed E-state index contributed by atoms with van der Waals surface area (Å²) >= 11 is 1.72. The second kappa shape index (κ2) is 7.59. The van der Waals surface area contributed by atoms with Gasteiger partial charge >= 0.3 is 0 Å². The Labute approximate surface area is 131 Å². The van der Waals surface area contributed by atoms with Gasteiger partial charge in [-0.1, -0.05) is 32.6 Å². The molecule has 116 valence electrons. The van der Waals surface area contributed by atoms with E-state index < -0.39 is 0 Å². The monoisotopic (exact) mass is 306 g/mol. The lowest BCUT2D eigenvalue weighted by Gasteiger charge is -2.15. The van der Waals surface area contributed by atoms with Crippen LogP contribution in [0.15, 0.2) is 6.07 Å². The first-order valence-electron chi connectivity index (χ1n) is 7.86. The van der Waals surface area contributed by atoms with E-state index in [9.17, 15) is 0 Å². The molecule has 2 rings (SSSR count). The van der Waals surface area contributed by atoms with Crippen molar-refractivity contribution in [3.8, 4) is 0 Å². The van der Waals surface area contributed by atoms with Gasteiger partial charge in [-0.05, 0) is 26.3 Å². The molecule has 0 aliphatic carbocycles. The lowest BCUT2D eigenvalue weighted by Crippen LogP contribution is -2.16. The standard InChI is InChI=1S/C16H26N4S/c1-5-6-7-8-9-11(2)18-14-13-10-12(3)21-15(13)20-16(17-4)19-14/h10-11H,5-9H2,1-4H3,(H2,17,18,19,20). The van der Waals surface area contributed by atoms with Crippen molar-refractivity contribution in [2.45, 2.75) is 58.9 Å². The third kappa shape index (κ3) is 4.30. The van der Waals surface area contributed by atoms with Crippen molar-refractivity contribution in [3.05, 3.63) is 10.9 Å². The molecule has 2 aromatic heterocycles. The number of aromatic nitrogens is 2. The van der Waals surface area contributed by atoms with Gasteiger partial charge in [0.1, 0.15) is 10.6 Å². The van der Waals surface area contributed by atoms with Crippen LogP contribution in [0.5, 0.6) is 0 Å². The number of hydrogen-bond acceptors (Lipinski definition) is 5. The quantitative estimate of drug-likeness (QED) is 0.687. The van der Waals surface area contributed by atoms with E-state index in [0.29, 0.717) is 12.0 Å². The summed E-state index contributed by atoms with van der Waals surface area (Å²) in [6.45, 7) is 6.60. The molecule has 0 radical (unpaired) electrons. The van der Waals surface area contributed by atoms with Gasteiger partial charge in [0, 0.05) is 18.0 Å². The van der Waals surface area contributed by atoms with Crippen molar-refractivity contribution < 1.29 is 0 Å². The number of unbranched alkanes of at least 4 members (excludes halogenated alkanes) is 3. The van der Waals surface area contributed by atoms with E-state index in [1.807, 2.05) is 7.05 Å². The lowest BCUT2D eigenvalue weighted by atomic mass is 10.1.